The van der Waals surface area contributed by atoms with Crippen LogP contribution in [0.25, 0.3) is 0 Å². The molecule has 0 spiro atoms. The third kappa shape index (κ3) is 2.90. The molecular weight excluding hydrogens is 317 g/mol. The standard InChI is InChI=1S/C13H13Cl2N3O3/c14-9-1-2-11(12(15)5-9)13(8-18-4-3-16-17-18)20-7-10(6-19)21-13/h1-5,10,19H,6-8H2. The minimum Gasteiger partial charge on any atom is -0.394 e. The van der Waals surface area contributed by atoms with Crippen molar-refractivity contribution in [3.05, 3.63) is 46.2 Å². The molecule has 1 aromatic heterocycles. The van der Waals surface area contributed by atoms with E-state index in [1.54, 1.807) is 35.3 Å². The summed E-state index contributed by atoms with van der Waals surface area (Å²) < 4.78 is 13.3. The van der Waals surface area contributed by atoms with Crippen LogP contribution in [0.4, 0.5) is 0 Å². The molecule has 1 fully saturated rings. The average Bonchev–Trinajstić information content (AvgIpc) is 3.09. The summed E-state index contributed by atoms with van der Waals surface area (Å²) in [5.74, 6) is -1.12. The minimum absolute atomic E-state index is 0.135. The number of benzene rings is 1. The maximum Gasteiger partial charge on any atom is 0.217 e. The molecule has 2 heterocycles. The van der Waals surface area contributed by atoms with E-state index in [9.17, 15) is 5.11 Å². The molecule has 21 heavy (non-hydrogen) atoms. The summed E-state index contributed by atoms with van der Waals surface area (Å²) in [4.78, 5) is 0. The lowest BCUT2D eigenvalue weighted by Gasteiger charge is -2.29. The third-order valence-electron chi connectivity index (χ3n) is 3.25. The molecule has 1 aliphatic heterocycles. The van der Waals surface area contributed by atoms with E-state index in [0.717, 1.165) is 0 Å². The first-order valence-corrected chi connectivity index (χ1v) is 7.11. The summed E-state index contributed by atoms with van der Waals surface area (Å²) in [6.45, 7) is 0.402. The second-order valence-corrected chi connectivity index (χ2v) is 5.55. The number of halogens is 2. The first-order valence-electron chi connectivity index (χ1n) is 6.35. The molecule has 2 unspecified atom stereocenters. The molecule has 0 aliphatic carbocycles. The zero-order chi connectivity index (χ0) is 14.9. The first kappa shape index (κ1) is 14.7. The highest BCUT2D eigenvalue weighted by Gasteiger charge is 2.45. The van der Waals surface area contributed by atoms with E-state index in [2.05, 4.69) is 10.3 Å². The average molecular weight is 330 g/mol. The topological polar surface area (TPSA) is 69.4 Å². The Morgan fingerprint density at radius 2 is 2.29 bits per heavy atom. The van der Waals surface area contributed by atoms with Crippen LogP contribution in [0.1, 0.15) is 5.56 Å². The van der Waals surface area contributed by atoms with Crippen LogP contribution in [0.5, 0.6) is 0 Å². The second kappa shape index (κ2) is 5.90. The van der Waals surface area contributed by atoms with Gasteiger partial charge in [0.15, 0.2) is 0 Å². The van der Waals surface area contributed by atoms with Crippen molar-refractivity contribution in [1.29, 1.82) is 0 Å². The van der Waals surface area contributed by atoms with Crippen LogP contribution in [-0.2, 0) is 21.8 Å². The number of aliphatic hydroxyl groups excluding tert-OH is 1. The predicted molar refractivity (Wildman–Crippen MR) is 76.1 cm³/mol. The monoisotopic (exact) mass is 329 g/mol. The Kier molecular flexibility index (Phi) is 4.14. The summed E-state index contributed by atoms with van der Waals surface area (Å²) in [6, 6.07) is 5.09. The van der Waals surface area contributed by atoms with E-state index >= 15 is 0 Å². The van der Waals surface area contributed by atoms with Crippen molar-refractivity contribution in [2.45, 2.75) is 18.4 Å². The van der Waals surface area contributed by atoms with Crippen LogP contribution >= 0.6 is 23.2 Å². The molecule has 1 aromatic carbocycles. The Bertz CT molecular complexity index is 623. The Balaban J connectivity index is 1.99. The van der Waals surface area contributed by atoms with Gasteiger partial charge in [-0.3, -0.25) is 0 Å². The molecule has 3 rings (SSSR count). The van der Waals surface area contributed by atoms with E-state index in [0.29, 0.717) is 15.6 Å². The molecule has 1 N–H and O–H groups in total. The fraction of sp³-hybridized carbons (Fsp3) is 0.385. The number of aliphatic hydroxyl groups is 1. The van der Waals surface area contributed by atoms with Crippen LogP contribution < -0.4 is 0 Å². The van der Waals surface area contributed by atoms with Gasteiger partial charge in [-0.05, 0) is 12.1 Å². The second-order valence-electron chi connectivity index (χ2n) is 4.71. The van der Waals surface area contributed by atoms with Crippen molar-refractivity contribution in [3.8, 4) is 0 Å². The molecule has 0 saturated carbocycles. The van der Waals surface area contributed by atoms with Crippen molar-refractivity contribution in [3.63, 3.8) is 0 Å². The van der Waals surface area contributed by atoms with Crippen molar-refractivity contribution < 1.29 is 14.6 Å². The fourth-order valence-electron chi connectivity index (χ4n) is 2.29. The highest BCUT2D eigenvalue weighted by molar-refractivity contribution is 6.35. The number of hydrogen-bond acceptors (Lipinski definition) is 5. The molecular formula is C13H13Cl2N3O3. The molecule has 1 aliphatic rings. The smallest absolute Gasteiger partial charge is 0.217 e. The van der Waals surface area contributed by atoms with Gasteiger partial charge in [0.05, 0.1) is 24.4 Å². The van der Waals surface area contributed by atoms with Crippen molar-refractivity contribution >= 4 is 23.2 Å². The zero-order valence-electron chi connectivity index (χ0n) is 10.9. The van der Waals surface area contributed by atoms with E-state index < -0.39 is 11.9 Å². The van der Waals surface area contributed by atoms with Gasteiger partial charge in [-0.1, -0.05) is 34.5 Å². The van der Waals surface area contributed by atoms with Gasteiger partial charge in [-0.2, -0.15) is 0 Å². The summed E-state index contributed by atoms with van der Waals surface area (Å²) >= 11 is 12.2. The Morgan fingerprint density at radius 3 is 2.90 bits per heavy atom. The van der Waals surface area contributed by atoms with Crippen LogP contribution in [0.2, 0.25) is 10.0 Å². The highest BCUT2D eigenvalue weighted by atomic mass is 35.5. The maximum absolute atomic E-state index is 9.29. The predicted octanol–water partition coefficient (Wildman–Crippen LogP) is 1.85. The largest absolute Gasteiger partial charge is 0.394 e. The van der Waals surface area contributed by atoms with Gasteiger partial charge < -0.3 is 14.6 Å². The molecule has 0 amide bonds. The SMILES string of the molecule is OCC1COC(Cn2ccnn2)(c2ccc(Cl)cc2Cl)O1. The van der Waals surface area contributed by atoms with Gasteiger partial charge in [-0.15, -0.1) is 5.10 Å². The van der Waals surface area contributed by atoms with Gasteiger partial charge in [0.1, 0.15) is 12.6 Å². The quantitative estimate of drug-likeness (QED) is 0.926. The lowest BCUT2D eigenvalue weighted by atomic mass is 10.1. The van der Waals surface area contributed by atoms with Crippen molar-refractivity contribution in [1.82, 2.24) is 15.0 Å². The van der Waals surface area contributed by atoms with Gasteiger partial charge in [0.25, 0.3) is 0 Å². The number of ether oxygens (including phenoxy) is 2. The Morgan fingerprint density at radius 1 is 1.43 bits per heavy atom. The van der Waals surface area contributed by atoms with E-state index in [1.165, 1.54) is 0 Å². The van der Waals surface area contributed by atoms with Gasteiger partial charge in [0, 0.05) is 16.8 Å². The Hall–Kier alpha value is -1.18. The first-order chi connectivity index (χ1) is 10.1. The van der Waals surface area contributed by atoms with Crippen LogP contribution in [0.15, 0.2) is 30.6 Å². The van der Waals surface area contributed by atoms with E-state index in [1.807, 2.05) is 0 Å². The lowest BCUT2D eigenvalue weighted by molar-refractivity contribution is -0.191. The van der Waals surface area contributed by atoms with Crippen LogP contribution in [-0.4, -0.2) is 39.4 Å². The van der Waals surface area contributed by atoms with Crippen LogP contribution in [0, 0.1) is 0 Å². The zero-order valence-corrected chi connectivity index (χ0v) is 12.5. The summed E-state index contributed by atoms with van der Waals surface area (Å²) in [5, 5.41) is 17.9. The molecule has 0 radical (unpaired) electrons. The molecule has 8 heteroatoms. The van der Waals surface area contributed by atoms with Gasteiger partial charge >= 0.3 is 0 Å². The van der Waals surface area contributed by atoms with Crippen molar-refractivity contribution in [2.24, 2.45) is 0 Å². The minimum atomic E-state index is -1.12. The molecule has 2 atom stereocenters. The Labute approximate surface area is 131 Å². The maximum atomic E-state index is 9.29. The number of nitrogens with zero attached hydrogens (tertiary/aromatic N) is 3. The van der Waals surface area contributed by atoms with Crippen LogP contribution in [0.3, 0.4) is 0 Å². The summed E-state index contributed by atoms with van der Waals surface area (Å²) in [6.07, 6.45) is 2.85. The van der Waals surface area contributed by atoms with E-state index in [4.69, 9.17) is 32.7 Å². The number of rotatable bonds is 4. The fourth-order valence-corrected chi connectivity index (χ4v) is 2.85. The van der Waals surface area contributed by atoms with Crippen molar-refractivity contribution in [2.75, 3.05) is 13.2 Å². The van der Waals surface area contributed by atoms with E-state index in [-0.39, 0.29) is 19.8 Å². The molecule has 1 saturated heterocycles. The molecule has 2 aromatic rings. The summed E-state index contributed by atoms with van der Waals surface area (Å²) in [7, 11) is 0. The summed E-state index contributed by atoms with van der Waals surface area (Å²) in [5.41, 5.74) is 0.639. The molecule has 0 bridgehead atoms. The normalized spacial score (nSPS) is 25.4. The molecule has 6 nitrogen and oxygen atoms in total. The third-order valence-corrected chi connectivity index (χ3v) is 3.79. The highest BCUT2D eigenvalue weighted by Crippen LogP contribution is 2.40. The lowest BCUT2D eigenvalue weighted by Crippen LogP contribution is -2.34. The number of aromatic nitrogens is 3. The van der Waals surface area contributed by atoms with Gasteiger partial charge in [0.2, 0.25) is 5.79 Å². The number of hydrogen-bond donors (Lipinski definition) is 1. The van der Waals surface area contributed by atoms with Gasteiger partial charge in [-0.25, -0.2) is 4.68 Å². The molecule has 112 valence electrons.